The molecule has 1 aromatic heterocycles. The fraction of sp³-hybridized carbons (Fsp3) is 0.684. The quantitative estimate of drug-likeness (QED) is 0.769. The molecule has 2 fully saturated rings. The third-order valence-corrected chi connectivity index (χ3v) is 5.57. The van der Waals surface area contributed by atoms with Gasteiger partial charge in [-0.05, 0) is 31.9 Å². The van der Waals surface area contributed by atoms with E-state index in [9.17, 15) is 9.59 Å². The van der Waals surface area contributed by atoms with E-state index in [2.05, 4.69) is 22.1 Å². The predicted octanol–water partition coefficient (Wildman–Crippen LogP) is 1.89. The lowest BCUT2D eigenvalue weighted by molar-refractivity contribution is -0.133. The van der Waals surface area contributed by atoms with Gasteiger partial charge < -0.3 is 19.9 Å². The third-order valence-electron chi connectivity index (χ3n) is 5.35. The van der Waals surface area contributed by atoms with Crippen molar-refractivity contribution in [2.75, 3.05) is 39.4 Å². The maximum atomic E-state index is 12.7. The van der Waals surface area contributed by atoms with Crippen LogP contribution in [0.4, 0.5) is 0 Å². The number of rotatable bonds is 6. The molecule has 8 heteroatoms. The lowest BCUT2D eigenvalue weighted by Gasteiger charge is -2.37. The summed E-state index contributed by atoms with van der Waals surface area (Å²) in [6.07, 6.45) is 5.33. The summed E-state index contributed by atoms with van der Waals surface area (Å²) in [5.41, 5.74) is 0.508. The fourth-order valence-electron chi connectivity index (χ4n) is 3.69. The van der Waals surface area contributed by atoms with Gasteiger partial charge in [0.05, 0.1) is 18.2 Å². The number of amides is 2. The number of hydrogen-bond acceptors (Lipinski definition) is 4. The van der Waals surface area contributed by atoms with Gasteiger partial charge in [0.1, 0.15) is 11.7 Å². The molecular formula is C19H29ClN4O3. The summed E-state index contributed by atoms with van der Waals surface area (Å²) >= 11 is 5.88. The second-order valence-electron chi connectivity index (χ2n) is 7.29. The van der Waals surface area contributed by atoms with E-state index < -0.39 is 0 Å². The van der Waals surface area contributed by atoms with E-state index in [1.165, 1.54) is 0 Å². The highest BCUT2D eigenvalue weighted by Gasteiger charge is 2.32. The molecule has 2 aliphatic rings. The summed E-state index contributed by atoms with van der Waals surface area (Å²) in [5, 5.41) is 3.70. The maximum Gasteiger partial charge on any atom is 0.270 e. The molecule has 150 valence electrons. The molecule has 2 amide bonds. The Hall–Kier alpha value is -1.57. The molecule has 2 N–H and O–H groups in total. The van der Waals surface area contributed by atoms with E-state index in [-0.39, 0.29) is 23.9 Å². The Labute approximate surface area is 165 Å². The number of ether oxygens (including phenoxy) is 1. The number of likely N-dealkylation sites (tertiary alicyclic amines) is 1. The van der Waals surface area contributed by atoms with Crippen molar-refractivity contribution < 1.29 is 14.3 Å². The average Bonchev–Trinajstić information content (AvgIpc) is 3.13. The van der Waals surface area contributed by atoms with Crippen LogP contribution in [0.2, 0.25) is 5.02 Å². The molecule has 3 heterocycles. The van der Waals surface area contributed by atoms with Crippen molar-refractivity contribution in [2.45, 2.75) is 44.7 Å². The van der Waals surface area contributed by atoms with Crippen LogP contribution < -0.4 is 5.32 Å². The summed E-state index contributed by atoms with van der Waals surface area (Å²) in [4.78, 5) is 32.1. The molecule has 2 saturated heterocycles. The number of carbonyl (C=O) groups excluding carboxylic acids is 2. The summed E-state index contributed by atoms with van der Waals surface area (Å²) < 4.78 is 5.53. The molecule has 0 spiro atoms. The molecule has 2 aliphatic heterocycles. The predicted molar refractivity (Wildman–Crippen MR) is 104 cm³/mol. The van der Waals surface area contributed by atoms with Crippen LogP contribution in [-0.4, -0.2) is 78.1 Å². The second-order valence-corrected chi connectivity index (χ2v) is 7.72. The average molecular weight is 397 g/mol. The van der Waals surface area contributed by atoms with Gasteiger partial charge in [0.2, 0.25) is 5.91 Å². The van der Waals surface area contributed by atoms with Crippen LogP contribution in [0.5, 0.6) is 0 Å². The number of morpholine rings is 1. The number of unbranched alkanes of at least 4 members (excludes halogenated alkanes) is 1. The van der Waals surface area contributed by atoms with Crippen molar-refractivity contribution in [2.24, 2.45) is 0 Å². The number of piperidine rings is 1. The number of hydrogen-bond donors (Lipinski definition) is 2. The largest absolute Gasteiger partial charge is 0.378 e. The van der Waals surface area contributed by atoms with Gasteiger partial charge in [-0.1, -0.05) is 24.9 Å². The first-order chi connectivity index (χ1) is 13.1. The Balaban J connectivity index is 1.48. The van der Waals surface area contributed by atoms with E-state index in [1.807, 2.05) is 4.90 Å². The van der Waals surface area contributed by atoms with Crippen molar-refractivity contribution in [1.29, 1.82) is 0 Å². The van der Waals surface area contributed by atoms with Crippen LogP contribution in [0.3, 0.4) is 0 Å². The minimum Gasteiger partial charge on any atom is -0.378 e. The summed E-state index contributed by atoms with van der Waals surface area (Å²) in [5.74, 6) is 0.00447. The van der Waals surface area contributed by atoms with Gasteiger partial charge in [0, 0.05) is 31.9 Å². The topological polar surface area (TPSA) is 77.7 Å². The minimum atomic E-state index is -0.203. The summed E-state index contributed by atoms with van der Waals surface area (Å²) in [6.45, 7) is 6.30. The fourth-order valence-corrected chi connectivity index (χ4v) is 3.86. The van der Waals surface area contributed by atoms with Gasteiger partial charge in [-0.25, -0.2) is 0 Å². The van der Waals surface area contributed by atoms with Crippen LogP contribution in [0.25, 0.3) is 0 Å². The number of H-pyrrole nitrogens is 1. The van der Waals surface area contributed by atoms with Gasteiger partial charge in [-0.3, -0.25) is 14.5 Å². The SMILES string of the molecule is CCCCN1CCOCC1C(=O)NC1CCN(C(=O)c2cc(Cl)c[nH]2)CC1. The van der Waals surface area contributed by atoms with Crippen molar-refractivity contribution in [1.82, 2.24) is 20.1 Å². The van der Waals surface area contributed by atoms with Crippen molar-refractivity contribution in [3.63, 3.8) is 0 Å². The highest BCUT2D eigenvalue weighted by molar-refractivity contribution is 6.30. The van der Waals surface area contributed by atoms with Gasteiger partial charge in [-0.2, -0.15) is 0 Å². The molecule has 0 bridgehead atoms. The number of halogens is 1. The van der Waals surface area contributed by atoms with Crippen molar-refractivity contribution in [3.8, 4) is 0 Å². The lowest BCUT2D eigenvalue weighted by atomic mass is 10.0. The molecule has 27 heavy (non-hydrogen) atoms. The van der Waals surface area contributed by atoms with Crippen molar-refractivity contribution >= 4 is 23.4 Å². The van der Waals surface area contributed by atoms with Crippen LogP contribution in [0, 0.1) is 0 Å². The number of aromatic nitrogens is 1. The molecule has 0 radical (unpaired) electrons. The van der Waals surface area contributed by atoms with Gasteiger partial charge in [0.25, 0.3) is 5.91 Å². The van der Waals surface area contributed by atoms with Gasteiger partial charge in [-0.15, -0.1) is 0 Å². The van der Waals surface area contributed by atoms with Gasteiger partial charge in [0.15, 0.2) is 0 Å². The van der Waals surface area contributed by atoms with Crippen molar-refractivity contribution in [3.05, 3.63) is 23.0 Å². The zero-order valence-corrected chi connectivity index (χ0v) is 16.6. The summed E-state index contributed by atoms with van der Waals surface area (Å²) in [7, 11) is 0. The first-order valence-corrected chi connectivity index (χ1v) is 10.2. The first-order valence-electron chi connectivity index (χ1n) is 9.84. The zero-order chi connectivity index (χ0) is 19.2. The lowest BCUT2D eigenvalue weighted by Crippen LogP contribution is -2.56. The molecule has 1 atom stereocenters. The standard InChI is InChI=1S/C19H29ClN4O3/c1-2-3-6-23-9-10-27-13-17(23)18(25)22-15-4-7-24(8-5-15)19(26)16-11-14(20)12-21-16/h11-12,15,17,21H,2-10,13H2,1H3,(H,22,25). The van der Waals surface area contributed by atoms with Gasteiger partial charge >= 0.3 is 0 Å². The van der Waals surface area contributed by atoms with E-state index in [4.69, 9.17) is 16.3 Å². The number of nitrogens with zero attached hydrogens (tertiary/aromatic N) is 2. The monoisotopic (exact) mass is 396 g/mol. The third kappa shape index (κ3) is 5.24. The Morgan fingerprint density at radius 2 is 2.11 bits per heavy atom. The first kappa shape index (κ1) is 20.2. The molecule has 0 aliphatic carbocycles. The Kier molecular flexibility index (Phi) is 7.15. The van der Waals surface area contributed by atoms with Crippen LogP contribution >= 0.6 is 11.6 Å². The second kappa shape index (κ2) is 9.57. The Morgan fingerprint density at radius 3 is 2.78 bits per heavy atom. The molecule has 1 unspecified atom stereocenters. The molecule has 0 aromatic carbocycles. The molecule has 7 nitrogen and oxygen atoms in total. The summed E-state index contributed by atoms with van der Waals surface area (Å²) in [6, 6.07) is 1.54. The van der Waals surface area contributed by atoms with Crippen LogP contribution in [0.1, 0.15) is 43.1 Å². The smallest absolute Gasteiger partial charge is 0.270 e. The van der Waals surface area contributed by atoms with E-state index in [1.54, 1.807) is 12.3 Å². The van der Waals surface area contributed by atoms with E-state index in [0.29, 0.717) is 37.0 Å². The Morgan fingerprint density at radius 1 is 1.33 bits per heavy atom. The normalized spacial score (nSPS) is 22.0. The minimum absolute atomic E-state index is 0.0434. The van der Waals surface area contributed by atoms with E-state index >= 15 is 0 Å². The Bertz CT molecular complexity index is 643. The number of carbonyl (C=O) groups is 2. The highest BCUT2D eigenvalue weighted by atomic mass is 35.5. The highest BCUT2D eigenvalue weighted by Crippen LogP contribution is 2.17. The van der Waals surface area contributed by atoms with E-state index in [0.717, 1.165) is 38.8 Å². The molecular weight excluding hydrogens is 368 g/mol. The molecule has 1 aromatic rings. The van der Waals surface area contributed by atoms with Crippen LogP contribution in [0.15, 0.2) is 12.3 Å². The maximum absolute atomic E-state index is 12.7. The number of nitrogens with one attached hydrogen (secondary N) is 2. The molecule has 0 saturated carbocycles. The number of aromatic amines is 1. The van der Waals surface area contributed by atoms with Crippen LogP contribution in [-0.2, 0) is 9.53 Å². The molecule has 3 rings (SSSR count). The zero-order valence-electron chi connectivity index (χ0n) is 15.9.